The number of methoxy groups -OCH3 is 1. The molecule has 26 heavy (non-hydrogen) atoms. The first-order chi connectivity index (χ1) is 12.4. The molecule has 0 aliphatic heterocycles. The number of esters is 1. The van der Waals surface area contributed by atoms with Crippen LogP contribution >= 0.6 is 0 Å². The predicted molar refractivity (Wildman–Crippen MR) is 98.9 cm³/mol. The summed E-state index contributed by atoms with van der Waals surface area (Å²) in [5.41, 5.74) is 2.17. The van der Waals surface area contributed by atoms with Crippen LogP contribution in [0.25, 0.3) is 11.0 Å². The molecule has 2 aromatic carbocycles. The van der Waals surface area contributed by atoms with Gasteiger partial charge in [0, 0.05) is 11.1 Å². The highest BCUT2D eigenvalue weighted by Crippen LogP contribution is 2.29. The van der Waals surface area contributed by atoms with Crippen molar-refractivity contribution in [2.75, 3.05) is 11.8 Å². The van der Waals surface area contributed by atoms with Gasteiger partial charge < -0.3 is 9.15 Å². The van der Waals surface area contributed by atoms with Gasteiger partial charge in [0.2, 0.25) is 0 Å². The van der Waals surface area contributed by atoms with Gasteiger partial charge >= 0.3 is 5.97 Å². The van der Waals surface area contributed by atoms with Crippen molar-refractivity contribution in [2.24, 2.45) is 0 Å². The lowest BCUT2D eigenvalue weighted by molar-refractivity contribution is 0.0600. The second-order valence-corrected chi connectivity index (χ2v) is 7.52. The molecule has 0 saturated heterocycles. The molecule has 0 radical (unpaired) electrons. The van der Waals surface area contributed by atoms with Crippen molar-refractivity contribution in [3.8, 4) is 0 Å². The van der Waals surface area contributed by atoms with Gasteiger partial charge in [0.1, 0.15) is 16.9 Å². The minimum Gasteiger partial charge on any atom is -0.465 e. The van der Waals surface area contributed by atoms with Crippen molar-refractivity contribution in [2.45, 2.75) is 25.2 Å². The molecule has 0 saturated carbocycles. The fourth-order valence-corrected chi connectivity index (χ4v) is 3.81. The van der Waals surface area contributed by atoms with Crippen LogP contribution < -0.4 is 4.72 Å². The van der Waals surface area contributed by atoms with E-state index in [0.29, 0.717) is 22.4 Å². The highest BCUT2D eigenvalue weighted by atomic mass is 32.2. The summed E-state index contributed by atoms with van der Waals surface area (Å²) in [6.45, 7) is 3.66. The van der Waals surface area contributed by atoms with E-state index in [4.69, 9.17) is 9.15 Å². The average Bonchev–Trinajstić information content (AvgIpc) is 2.96. The Hall–Kier alpha value is -2.80. The lowest BCUT2D eigenvalue weighted by Gasteiger charge is -2.09. The minimum absolute atomic E-state index is 0.173. The number of hydrogen-bond acceptors (Lipinski definition) is 5. The Labute approximate surface area is 151 Å². The van der Waals surface area contributed by atoms with Crippen LogP contribution in [0.2, 0.25) is 0 Å². The van der Waals surface area contributed by atoms with Crippen LogP contribution in [0.4, 0.5) is 5.69 Å². The minimum atomic E-state index is -3.74. The number of aryl methyl sites for hydroxylation is 2. The number of furan rings is 1. The van der Waals surface area contributed by atoms with E-state index in [2.05, 4.69) is 4.72 Å². The summed E-state index contributed by atoms with van der Waals surface area (Å²) in [6.07, 6.45) is 0.834. The van der Waals surface area contributed by atoms with E-state index in [1.165, 1.54) is 7.11 Å². The molecule has 0 aliphatic carbocycles. The predicted octanol–water partition coefficient (Wildman–Crippen LogP) is 3.89. The smallest absolute Gasteiger partial charge is 0.342 e. The molecule has 0 atom stereocenters. The summed E-state index contributed by atoms with van der Waals surface area (Å²) < 4.78 is 38.0. The molecule has 6 nitrogen and oxygen atoms in total. The Morgan fingerprint density at radius 1 is 1.15 bits per heavy atom. The number of carbonyl (C=O) groups is 1. The highest BCUT2D eigenvalue weighted by Gasteiger charge is 2.20. The molecule has 0 unspecified atom stereocenters. The van der Waals surface area contributed by atoms with Gasteiger partial charge in [-0.15, -0.1) is 0 Å². The average molecular weight is 373 g/mol. The molecule has 1 N–H and O–H groups in total. The molecule has 1 heterocycles. The maximum atomic E-state index is 12.6. The number of hydrogen-bond donors (Lipinski definition) is 1. The molecule has 3 rings (SSSR count). The first kappa shape index (κ1) is 18.0. The fourth-order valence-electron chi connectivity index (χ4n) is 2.76. The lowest BCUT2D eigenvalue weighted by atomic mass is 10.1. The molecule has 1 aromatic heterocycles. The quantitative estimate of drug-likeness (QED) is 0.686. The largest absolute Gasteiger partial charge is 0.465 e. The van der Waals surface area contributed by atoms with Crippen LogP contribution in [-0.2, 0) is 21.2 Å². The Morgan fingerprint density at radius 3 is 2.46 bits per heavy atom. The summed E-state index contributed by atoms with van der Waals surface area (Å²) >= 11 is 0. The van der Waals surface area contributed by atoms with Crippen molar-refractivity contribution >= 4 is 32.6 Å². The monoisotopic (exact) mass is 373 g/mol. The maximum Gasteiger partial charge on any atom is 0.342 e. The van der Waals surface area contributed by atoms with Gasteiger partial charge in [-0.2, -0.15) is 0 Å². The first-order valence-corrected chi connectivity index (χ1v) is 9.57. The van der Waals surface area contributed by atoms with E-state index < -0.39 is 16.0 Å². The van der Waals surface area contributed by atoms with Crippen molar-refractivity contribution in [1.29, 1.82) is 0 Å². The van der Waals surface area contributed by atoms with Gasteiger partial charge in [0.15, 0.2) is 0 Å². The van der Waals surface area contributed by atoms with Gasteiger partial charge in [0.05, 0.1) is 12.0 Å². The van der Waals surface area contributed by atoms with Crippen LogP contribution in [0.1, 0.15) is 28.6 Å². The second-order valence-electron chi connectivity index (χ2n) is 5.84. The molecule has 136 valence electrons. The topological polar surface area (TPSA) is 85.6 Å². The van der Waals surface area contributed by atoms with Crippen LogP contribution in [0, 0.1) is 6.92 Å². The summed E-state index contributed by atoms with van der Waals surface area (Å²) in [5, 5.41) is 0.496. The number of rotatable bonds is 5. The SMILES string of the molecule is CCc1ccc(S(=O)(=O)Nc2ccc3oc(C)c(C(=O)OC)c3c2)cc1. The van der Waals surface area contributed by atoms with Crippen LogP contribution in [0.3, 0.4) is 0 Å². The molecular weight excluding hydrogens is 354 g/mol. The van der Waals surface area contributed by atoms with E-state index in [9.17, 15) is 13.2 Å². The number of nitrogens with one attached hydrogen (secondary N) is 1. The van der Waals surface area contributed by atoms with Crippen molar-refractivity contribution < 1.29 is 22.4 Å². The Bertz CT molecular complexity index is 1070. The summed E-state index contributed by atoms with van der Waals surface area (Å²) in [6, 6.07) is 11.5. The zero-order valence-electron chi connectivity index (χ0n) is 14.7. The number of ether oxygens (including phenoxy) is 1. The third-order valence-electron chi connectivity index (χ3n) is 4.15. The molecule has 0 fully saturated rings. The molecular formula is C19H19NO5S. The summed E-state index contributed by atoms with van der Waals surface area (Å²) in [7, 11) is -2.45. The third kappa shape index (κ3) is 3.30. The number of benzene rings is 2. The van der Waals surface area contributed by atoms with Gasteiger partial charge in [-0.3, -0.25) is 4.72 Å². The first-order valence-electron chi connectivity index (χ1n) is 8.09. The van der Waals surface area contributed by atoms with Crippen LogP contribution in [-0.4, -0.2) is 21.5 Å². The van der Waals surface area contributed by atoms with Crippen molar-refractivity contribution in [3.63, 3.8) is 0 Å². The second kappa shape index (κ2) is 6.84. The Balaban J connectivity index is 1.98. The number of anilines is 1. The Kier molecular flexibility index (Phi) is 4.73. The molecule has 0 amide bonds. The van der Waals surface area contributed by atoms with E-state index >= 15 is 0 Å². The highest BCUT2D eigenvalue weighted by molar-refractivity contribution is 7.92. The summed E-state index contributed by atoms with van der Waals surface area (Å²) in [4.78, 5) is 12.1. The fraction of sp³-hybridized carbons (Fsp3) is 0.211. The third-order valence-corrected chi connectivity index (χ3v) is 5.54. The van der Waals surface area contributed by atoms with Gasteiger partial charge in [-0.05, 0) is 49.2 Å². The lowest BCUT2D eigenvalue weighted by Crippen LogP contribution is -2.13. The van der Waals surface area contributed by atoms with E-state index in [1.807, 2.05) is 6.92 Å². The summed E-state index contributed by atoms with van der Waals surface area (Å²) in [5.74, 6) is -0.113. The van der Waals surface area contributed by atoms with Crippen LogP contribution in [0.15, 0.2) is 51.8 Å². The van der Waals surface area contributed by atoms with Gasteiger partial charge in [-0.1, -0.05) is 19.1 Å². The Morgan fingerprint density at radius 2 is 1.85 bits per heavy atom. The standard InChI is InChI=1S/C19H19NO5S/c1-4-13-5-8-15(9-6-13)26(22,23)20-14-7-10-17-16(11-14)18(12(2)25-17)19(21)24-3/h5-11,20H,4H2,1-3H3. The van der Waals surface area contributed by atoms with Crippen molar-refractivity contribution in [3.05, 3.63) is 59.4 Å². The molecule has 0 bridgehead atoms. The molecule has 0 spiro atoms. The molecule has 0 aliphatic rings. The number of carbonyl (C=O) groups excluding carboxylic acids is 1. The maximum absolute atomic E-state index is 12.6. The molecule has 3 aromatic rings. The van der Waals surface area contributed by atoms with Crippen molar-refractivity contribution in [1.82, 2.24) is 0 Å². The van der Waals surface area contributed by atoms with E-state index in [1.54, 1.807) is 49.4 Å². The zero-order chi connectivity index (χ0) is 18.9. The van der Waals surface area contributed by atoms with E-state index in [-0.39, 0.29) is 10.5 Å². The normalized spacial score (nSPS) is 11.5. The molecule has 7 heteroatoms. The van der Waals surface area contributed by atoms with Crippen LogP contribution in [0.5, 0.6) is 0 Å². The van der Waals surface area contributed by atoms with Gasteiger partial charge in [0.25, 0.3) is 10.0 Å². The number of sulfonamides is 1. The number of fused-ring (bicyclic) bond motifs is 1. The zero-order valence-corrected chi connectivity index (χ0v) is 15.5. The van der Waals surface area contributed by atoms with Gasteiger partial charge in [-0.25, -0.2) is 13.2 Å². The van der Waals surface area contributed by atoms with E-state index in [0.717, 1.165) is 12.0 Å².